The van der Waals surface area contributed by atoms with Gasteiger partial charge in [-0.2, -0.15) is 31.2 Å². The summed E-state index contributed by atoms with van der Waals surface area (Å²) >= 11 is 0. The molecular formula is C18H16F3N3O4S. The molecule has 0 saturated carbocycles. The maximum Gasteiger partial charge on any atom is 0.435 e. The third kappa shape index (κ3) is 4.29. The van der Waals surface area contributed by atoms with Crippen molar-refractivity contribution < 1.29 is 31.1 Å². The van der Waals surface area contributed by atoms with Gasteiger partial charge in [0.15, 0.2) is 17.2 Å². The van der Waals surface area contributed by atoms with Crippen LogP contribution in [0.15, 0.2) is 59.5 Å². The lowest BCUT2D eigenvalue weighted by Crippen LogP contribution is -2.25. The highest BCUT2D eigenvalue weighted by Crippen LogP contribution is 2.35. The van der Waals surface area contributed by atoms with Crippen molar-refractivity contribution in [3.63, 3.8) is 0 Å². The molecule has 0 radical (unpaired) electrons. The molecule has 0 fully saturated rings. The van der Waals surface area contributed by atoms with Gasteiger partial charge in [-0.1, -0.05) is 18.2 Å². The number of ether oxygens (including phenoxy) is 2. The average molecular weight is 427 g/mol. The van der Waals surface area contributed by atoms with Crippen molar-refractivity contribution in [3.8, 4) is 22.8 Å². The maximum absolute atomic E-state index is 13.2. The first-order valence-electron chi connectivity index (χ1n) is 8.13. The van der Waals surface area contributed by atoms with Gasteiger partial charge in [0, 0.05) is 5.56 Å². The molecule has 0 aliphatic carbocycles. The number of hydrogen-bond acceptors (Lipinski definition) is 5. The predicted octanol–water partition coefficient (Wildman–Crippen LogP) is 3.52. The van der Waals surface area contributed by atoms with Gasteiger partial charge < -0.3 is 9.47 Å². The van der Waals surface area contributed by atoms with Crippen molar-refractivity contribution in [3.05, 3.63) is 60.3 Å². The maximum atomic E-state index is 13.2. The Labute approximate surface area is 164 Å². The highest BCUT2D eigenvalue weighted by atomic mass is 32.2. The molecule has 0 aliphatic rings. The summed E-state index contributed by atoms with van der Waals surface area (Å²) in [6.45, 7) is 0. The number of nitrogens with zero attached hydrogens (tertiary/aromatic N) is 2. The number of rotatable bonds is 6. The Morgan fingerprint density at radius 3 is 2.21 bits per heavy atom. The zero-order valence-corrected chi connectivity index (χ0v) is 16.1. The lowest BCUT2D eigenvalue weighted by Gasteiger charge is -2.13. The molecule has 3 rings (SSSR count). The molecular weight excluding hydrogens is 411 g/mol. The molecule has 154 valence electrons. The molecule has 1 heterocycles. The summed E-state index contributed by atoms with van der Waals surface area (Å²) in [5.74, 6) is 0.625. The van der Waals surface area contributed by atoms with E-state index in [4.69, 9.17) is 9.47 Å². The molecule has 0 unspecified atom stereocenters. The van der Waals surface area contributed by atoms with Gasteiger partial charge in [-0.05, 0) is 36.4 Å². The third-order valence-electron chi connectivity index (χ3n) is 3.94. The van der Waals surface area contributed by atoms with Crippen LogP contribution in [0, 0.1) is 0 Å². The SMILES string of the molecule is COc1ccc(-c2cc(C(F)(F)F)nn2NS(=O)(=O)c2ccccc2)cc1OC. The third-order valence-corrected chi connectivity index (χ3v) is 5.25. The van der Waals surface area contributed by atoms with Gasteiger partial charge in [-0.3, -0.25) is 0 Å². The second-order valence-electron chi connectivity index (χ2n) is 5.80. The van der Waals surface area contributed by atoms with E-state index >= 15 is 0 Å². The van der Waals surface area contributed by atoms with Crippen LogP contribution >= 0.6 is 0 Å². The van der Waals surface area contributed by atoms with Crippen molar-refractivity contribution in [2.75, 3.05) is 19.1 Å². The van der Waals surface area contributed by atoms with Crippen LogP contribution in [0.2, 0.25) is 0 Å². The Balaban J connectivity index is 2.11. The lowest BCUT2D eigenvalue weighted by atomic mass is 10.1. The number of benzene rings is 2. The first kappa shape index (κ1) is 20.5. The first-order chi connectivity index (χ1) is 13.7. The van der Waals surface area contributed by atoms with Crippen molar-refractivity contribution in [2.45, 2.75) is 11.1 Å². The number of alkyl halides is 3. The monoisotopic (exact) mass is 427 g/mol. The Hall–Kier alpha value is -3.21. The molecule has 0 saturated heterocycles. The minimum absolute atomic E-state index is 0.123. The molecule has 0 spiro atoms. The second kappa shape index (κ2) is 7.66. The fourth-order valence-corrected chi connectivity index (χ4v) is 3.54. The van der Waals surface area contributed by atoms with Gasteiger partial charge in [0.1, 0.15) is 0 Å². The number of methoxy groups -OCH3 is 2. The van der Waals surface area contributed by atoms with E-state index in [-0.39, 0.29) is 21.9 Å². The smallest absolute Gasteiger partial charge is 0.435 e. The normalized spacial score (nSPS) is 11.9. The van der Waals surface area contributed by atoms with Crippen LogP contribution in [-0.4, -0.2) is 32.5 Å². The van der Waals surface area contributed by atoms with Crippen LogP contribution in [0.5, 0.6) is 11.5 Å². The van der Waals surface area contributed by atoms with Crippen LogP contribution in [0.4, 0.5) is 13.2 Å². The van der Waals surface area contributed by atoms with Crippen LogP contribution in [0.1, 0.15) is 5.69 Å². The van der Waals surface area contributed by atoms with E-state index in [1.54, 1.807) is 6.07 Å². The van der Waals surface area contributed by atoms with Crippen molar-refractivity contribution in [1.29, 1.82) is 0 Å². The van der Waals surface area contributed by atoms with E-state index in [0.29, 0.717) is 10.5 Å². The molecule has 11 heteroatoms. The van der Waals surface area contributed by atoms with Gasteiger partial charge in [0.2, 0.25) is 0 Å². The van der Waals surface area contributed by atoms with Gasteiger partial charge in [0.25, 0.3) is 10.0 Å². The van der Waals surface area contributed by atoms with E-state index in [0.717, 1.165) is 6.07 Å². The van der Waals surface area contributed by atoms with Crippen molar-refractivity contribution in [1.82, 2.24) is 9.89 Å². The summed E-state index contributed by atoms with van der Waals surface area (Å²) in [5.41, 5.74) is -1.14. The molecule has 7 nitrogen and oxygen atoms in total. The minimum atomic E-state index is -4.77. The Bertz CT molecular complexity index is 1110. The summed E-state index contributed by atoms with van der Waals surface area (Å²) in [5, 5.41) is 3.40. The molecule has 0 atom stereocenters. The van der Waals surface area contributed by atoms with Crippen molar-refractivity contribution in [2.24, 2.45) is 0 Å². The van der Waals surface area contributed by atoms with E-state index in [9.17, 15) is 21.6 Å². The van der Waals surface area contributed by atoms with Crippen LogP contribution in [0.3, 0.4) is 0 Å². The fraction of sp³-hybridized carbons (Fsp3) is 0.167. The van der Waals surface area contributed by atoms with Gasteiger partial charge in [-0.15, -0.1) is 5.10 Å². The second-order valence-corrected chi connectivity index (χ2v) is 7.46. The molecule has 29 heavy (non-hydrogen) atoms. The highest BCUT2D eigenvalue weighted by Gasteiger charge is 2.36. The topological polar surface area (TPSA) is 82.5 Å². The number of aromatic nitrogens is 2. The van der Waals surface area contributed by atoms with Crippen LogP contribution in [0.25, 0.3) is 11.3 Å². The Morgan fingerprint density at radius 2 is 1.62 bits per heavy atom. The van der Waals surface area contributed by atoms with E-state index in [1.165, 1.54) is 56.7 Å². The van der Waals surface area contributed by atoms with E-state index in [1.807, 2.05) is 0 Å². The zero-order chi connectivity index (χ0) is 21.2. The Kier molecular flexibility index (Phi) is 5.42. The predicted molar refractivity (Wildman–Crippen MR) is 98.8 cm³/mol. The summed E-state index contributed by atoms with van der Waals surface area (Å²) < 4.78 is 75.1. The van der Waals surface area contributed by atoms with E-state index in [2.05, 4.69) is 9.93 Å². The number of hydrogen-bond donors (Lipinski definition) is 1. The zero-order valence-electron chi connectivity index (χ0n) is 15.3. The Morgan fingerprint density at radius 1 is 0.966 bits per heavy atom. The molecule has 3 aromatic rings. The first-order valence-corrected chi connectivity index (χ1v) is 9.61. The molecule has 1 aromatic heterocycles. The van der Waals surface area contributed by atoms with Gasteiger partial charge >= 0.3 is 6.18 Å². The van der Waals surface area contributed by atoms with Crippen LogP contribution < -0.4 is 14.3 Å². The summed E-state index contributed by atoms with van der Waals surface area (Å²) in [4.78, 5) is 2.52. The average Bonchev–Trinajstić information content (AvgIpc) is 3.11. The summed E-state index contributed by atoms with van der Waals surface area (Å²) in [6.07, 6.45) is -4.77. The molecule has 0 aliphatic heterocycles. The largest absolute Gasteiger partial charge is 0.493 e. The van der Waals surface area contributed by atoms with Crippen molar-refractivity contribution >= 4 is 10.0 Å². The van der Waals surface area contributed by atoms with Gasteiger partial charge in [0.05, 0.1) is 24.8 Å². The summed E-state index contributed by atoms with van der Waals surface area (Å²) in [6, 6.07) is 12.3. The number of nitrogens with one attached hydrogen (secondary N) is 1. The number of halogens is 3. The molecule has 0 amide bonds. The number of sulfonamides is 1. The lowest BCUT2D eigenvalue weighted by molar-refractivity contribution is -0.141. The molecule has 0 bridgehead atoms. The summed E-state index contributed by atoms with van der Waals surface area (Å²) in [7, 11) is -1.39. The minimum Gasteiger partial charge on any atom is -0.493 e. The molecule has 1 N–H and O–H groups in total. The highest BCUT2D eigenvalue weighted by molar-refractivity contribution is 7.92. The van der Waals surface area contributed by atoms with E-state index < -0.39 is 21.9 Å². The molecule has 2 aromatic carbocycles. The quantitative estimate of drug-likeness (QED) is 0.651. The van der Waals surface area contributed by atoms with Crippen LogP contribution in [-0.2, 0) is 16.2 Å². The van der Waals surface area contributed by atoms with Gasteiger partial charge in [-0.25, -0.2) is 0 Å². The standard InChI is InChI=1S/C18H16F3N3O4S/c1-27-15-9-8-12(10-16(15)28-2)14-11-17(18(19,20)21)22-24(14)23-29(25,26)13-6-4-3-5-7-13/h3-11,23H,1-2H3. The fourth-order valence-electron chi connectivity index (χ4n) is 2.56.